The van der Waals surface area contributed by atoms with Gasteiger partial charge in [-0.05, 0) is 35.2 Å². The zero-order chi connectivity index (χ0) is 19.4. The quantitative estimate of drug-likeness (QED) is 0.498. The van der Waals surface area contributed by atoms with Gasteiger partial charge in [-0.1, -0.05) is 72.8 Å². The summed E-state index contributed by atoms with van der Waals surface area (Å²) in [4.78, 5) is 0. The smallest absolute Gasteiger partial charge is 0.121 e. The maximum atomic E-state index is 10.6. The van der Waals surface area contributed by atoms with Crippen molar-refractivity contribution in [3.05, 3.63) is 107 Å². The summed E-state index contributed by atoms with van der Waals surface area (Å²) in [7, 11) is 0. The molecule has 3 aromatic carbocycles. The molecular weight excluding hydrogens is 336 g/mol. The van der Waals surface area contributed by atoms with Gasteiger partial charge in [0.25, 0.3) is 0 Å². The Hall–Kier alpha value is -3.08. The van der Waals surface area contributed by atoms with Gasteiger partial charge in [0.2, 0.25) is 0 Å². The van der Waals surface area contributed by atoms with Gasteiger partial charge in [-0.2, -0.15) is 0 Å². The average molecular weight is 358 g/mol. The van der Waals surface area contributed by atoms with E-state index in [2.05, 4.69) is 0 Å². The molecule has 0 saturated carbocycles. The Morgan fingerprint density at radius 1 is 0.704 bits per heavy atom. The van der Waals surface area contributed by atoms with Crippen LogP contribution in [0.2, 0.25) is 0 Å². The molecule has 0 spiro atoms. The monoisotopic (exact) mass is 358 g/mol. The van der Waals surface area contributed by atoms with Gasteiger partial charge < -0.3 is 21.0 Å². The molecule has 0 aromatic heterocycles. The van der Waals surface area contributed by atoms with Crippen molar-refractivity contribution >= 4 is 11.4 Å². The molecule has 0 radical (unpaired) electrons. The van der Waals surface area contributed by atoms with E-state index in [1.807, 2.05) is 49.4 Å². The van der Waals surface area contributed by atoms with Crippen molar-refractivity contribution < 1.29 is 10.2 Å². The Morgan fingerprint density at radius 2 is 1.19 bits per heavy atom. The number of nitrogens with one attached hydrogen (secondary N) is 2. The van der Waals surface area contributed by atoms with Gasteiger partial charge in [0, 0.05) is 5.56 Å². The summed E-state index contributed by atoms with van der Waals surface area (Å²) in [6.45, 7) is 1.86. The highest BCUT2D eigenvalue weighted by atomic mass is 16.3. The van der Waals surface area contributed by atoms with Crippen LogP contribution in [0, 0.1) is 17.7 Å². The molecule has 3 rings (SSSR count). The number of aryl methyl sites for hydroxylation is 1. The fourth-order valence-electron chi connectivity index (χ4n) is 2.99. The Kier molecular flexibility index (Phi) is 5.60. The fourth-order valence-corrected chi connectivity index (χ4v) is 2.99. The standard InChI is InChI=1S/C23H22N2O2/c1-15-12-13-18(20(24)22(26)16-8-4-2-5-9-16)14-19(15)21(25)23(27)17-10-6-3-7-11-17/h2-14,22-27H,1H3. The first kappa shape index (κ1) is 18.7. The van der Waals surface area contributed by atoms with E-state index in [9.17, 15) is 10.2 Å². The van der Waals surface area contributed by atoms with Crippen LogP contribution in [0.15, 0.2) is 78.9 Å². The zero-order valence-corrected chi connectivity index (χ0v) is 15.1. The van der Waals surface area contributed by atoms with E-state index in [1.165, 1.54) is 0 Å². The molecule has 0 heterocycles. The Labute approximate surface area is 158 Å². The first-order valence-electron chi connectivity index (χ1n) is 8.73. The molecule has 3 aromatic rings. The lowest BCUT2D eigenvalue weighted by Crippen LogP contribution is -2.16. The lowest BCUT2D eigenvalue weighted by Gasteiger charge is -2.18. The third-order valence-electron chi connectivity index (χ3n) is 4.62. The van der Waals surface area contributed by atoms with Gasteiger partial charge in [-0.25, -0.2) is 0 Å². The van der Waals surface area contributed by atoms with E-state index in [0.717, 1.165) is 5.56 Å². The summed E-state index contributed by atoms with van der Waals surface area (Å²) < 4.78 is 0. The predicted octanol–water partition coefficient (Wildman–Crippen LogP) is 4.20. The first-order valence-corrected chi connectivity index (χ1v) is 8.73. The second-order valence-electron chi connectivity index (χ2n) is 6.48. The Balaban J connectivity index is 1.90. The van der Waals surface area contributed by atoms with Crippen LogP contribution in [-0.4, -0.2) is 21.6 Å². The molecule has 4 heteroatoms. The Morgan fingerprint density at radius 3 is 1.70 bits per heavy atom. The highest BCUT2D eigenvalue weighted by Gasteiger charge is 2.20. The van der Waals surface area contributed by atoms with Crippen LogP contribution in [0.1, 0.15) is 40.0 Å². The van der Waals surface area contributed by atoms with Crippen LogP contribution in [0.4, 0.5) is 0 Å². The second-order valence-corrected chi connectivity index (χ2v) is 6.48. The lowest BCUT2D eigenvalue weighted by atomic mass is 9.91. The number of aliphatic hydroxyl groups is 2. The number of rotatable bonds is 6. The summed E-state index contributed by atoms with van der Waals surface area (Å²) in [5.74, 6) is 0. The molecule has 2 unspecified atom stereocenters. The number of hydrogen-bond donors (Lipinski definition) is 4. The van der Waals surface area contributed by atoms with Gasteiger partial charge in [-0.15, -0.1) is 0 Å². The SMILES string of the molecule is Cc1ccc(C(=N)C(O)c2ccccc2)cc1C(=N)C(O)c1ccccc1. The highest BCUT2D eigenvalue weighted by Crippen LogP contribution is 2.24. The molecule has 27 heavy (non-hydrogen) atoms. The van der Waals surface area contributed by atoms with E-state index in [4.69, 9.17) is 10.8 Å². The minimum atomic E-state index is -1.05. The first-order chi connectivity index (χ1) is 13.0. The summed E-state index contributed by atoms with van der Waals surface area (Å²) in [5, 5.41) is 37.9. The maximum absolute atomic E-state index is 10.6. The van der Waals surface area contributed by atoms with Crippen molar-refractivity contribution in [2.45, 2.75) is 19.1 Å². The van der Waals surface area contributed by atoms with Crippen LogP contribution >= 0.6 is 0 Å². The maximum Gasteiger partial charge on any atom is 0.121 e. The van der Waals surface area contributed by atoms with E-state index >= 15 is 0 Å². The molecular formula is C23H22N2O2. The normalized spacial score (nSPS) is 13.0. The second kappa shape index (κ2) is 8.08. The van der Waals surface area contributed by atoms with Crippen molar-refractivity contribution in [2.75, 3.05) is 0 Å². The summed E-state index contributed by atoms with van der Waals surface area (Å²) in [6.07, 6.45) is -2.09. The molecule has 0 aliphatic heterocycles. The molecule has 0 aliphatic rings. The van der Waals surface area contributed by atoms with Crippen LogP contribution in [-0.2, 0) is 0 Å². The zero-order valence-electron chi connectivity index (χ0n) is 15.1. The predicted molar refractivity (Wildman–Crippen MR) is 108 cm³/mol. The third kappa shape index (κ3) is 4.03. The lowest BCUT2D eigenvalue weighted by molar-refractivity contribution is 0.247. The van der Waals surface area contributed by atoms with E-state index < -0.39 is 12.2 Å². The topological polar surface area (TPSA) is 88.2 Å². The van der Waals surface area contributed by atoms with Crippen molar-refractivity contribution in [2.24, 2.45) is 0 Å². The van der Waals surface area contributed by atoms with Gasteiger partial charge in [0.15, 0.2) is 0 Å². The summed E-state index contributed by atoms with van der Waals surface area (Å²) >= 11 is 0. The van der Waals surface area contributed by atoms with Crippen molar-refractivity contribution in [3.63, 3.8) is 0 Å². The minimum Gasteiger partial charge on any atom is -0.382 e. The largest absolute Gasteiger partial charge is 0.382 e. The molecule has 136 valence electrons. The van der Waals surface area contributed by atoms with Gasteiger partial charge in [0.05, 0.1) is 11.4 Å². The molecule has 2 atom stereocenters. The van der Waals surface area contributed by atoms with Gasteiger partial charge in [0.1, 0.15) is 12.2 Å². The molecule has 0 bridgehead atoms. The van der Waals surface area contributed by atoms with Crippen LogP contribution in [0.25, 0.3) is 0 Å². The molecule has 0 aliphatic carbocycles. The number of hydrogen-bond acceptors (Lipinski definition) is 4. The molecule has 4 N–H and O–H groups in total. The highest BCUT2D eigenvalue weighted by molar-refractivity contribution is 6.07. The Bertz CT molecular complexity index is 953. The third-order valence-corrected chi connectivity index (χ3v) is 4.62. The van der Waals surface area contributed by atoms with Crippen molar-refractivity contribution in [3.8, 4) is 0 Å². The van der Waals surface area contributed by atoms with E-state index in [1.54, 1.807) is 36.4 Å². The number of benzene rings is 3. The van der Waals surface area contributed by atoms with Crippen LogP contribution in [0.3, 0.4) is 0 Å². The van der Waals surface area contributed by atoms with Crippen molar-refractivity contribution in [1.29, 1.82) is 10.8 Å². The summed E-state index contributed by atoms with van der Waals surface area (Å²) in [6, 6.07) is 23.4. The minimum absolute atomic E-state index is 0.0597. The molecule has 0 fully saturated rings. The molecule has 0 saturated heterocycles. The van der Waals surface area contributed by atoms with E-state index in [-0.39, 0.29) is 11.4 Å². The average Bonchev–Trinajstić information content (AvgIpc) is 2.73. The van der Waals surface area contributed by atoms with Crippen LogP contribution < -0.4 is 0 Å². The van der Waals surface area contributed by atoms with Crippen LogP contribution in [0.5, 0.6) is 0 Å². The number of aliphatic hydroxyl groups excluding tert-OH is 2. The summed E-state index contributed by atoms with van der Waals surface area (Å²) in [5.41, 5.74) is 3.34. The van der Waals surface area contributed by atoms with E-state index in [0.29, 0.717) is 22.3 Å². The van der Waals surface area contributed by atoms with Gasteiger partial charge >= 0.3 is 0 Å². The molecule has 4 nitrogen and oxygen atoms in total. The van der Waals surface area contributed by atoms with Gasteiger partial charge in [-0.3, -0.25) is 0 Å². The fraction of sp³-hybridized carbons (Fsp3) is 0.130. The molecule has 0 amide bonds. The van der Waals surface area contributed by atoms with Crippen molar-refractivity contribution in [1.82, 2.24) is 0 Å².